The maximum atomic E-state index is 9.93. The van der Waals surface area contributed by atoms with Gasteiger partial charge in [-0.25, -0.2) is 0 Å². The molecule has 0 saturated heterocycles. The van der Waals surface area contributed by atoms with E-state index in [2.05, 4.69) is 17.5 Å². The molecule has 2 heteroatoms. The molecule has 0 radical (unpaired) electrons. The smallest absolute Gasteiger partial charge is 0.0616 e. The van der Waals surface area contributed by atoms with Crippen molar-refractivity contribution in [3.8, 4) is 0 Å². The molecule has 2 atom stereocenters. The molecule has 1 aliphatic rings. The lowest BCUT2D eigenvalue weighted by Crippen LogP contribution is -2.15. The Balaban J connectivity index is 2.11. The number of aliphatic hydroxyl groups is 1. The Morgan fingerprint density at radius 3 is 2.85 bits per heavy atom. The molecule has 1 heterocycles. The van der Waals surface area contributed by atoms with Gasteiger partial charge in [-0.05, 0) is 24.3 Å². The van der Waals surface area contributed by atoms with Crippen LogP contribution in [0.15, 0.2) is 17.5 Å². The normalized spacial score (nSPS) is 29.9. The molecule has 0 spiro atoms. The van der Waals surface area contributed by atoms with E-state index in [0.29, 0.717) is 5.92 Å². The van der Waals surface area contributed by atoms with Gasteiger partial charge in [0.2, 0.25) is 0 Å². The minimum Gasteiger partial charge on any atom is -0.392 e. The zero-order valence-electron chi connectivity index (χ0n) is 7.78. The molecule has 1 aliphatic carbocycles. The average Bonchev–Trinajstić information content (AvgIpc) is 2.56. The molecular formula is C11H16OS. The Morgan fingerprint density at radius 2 is 2.08 bits per heavy atom. The van der Waals surface area contributed by atoms with Gasteiger partial charge in [-0.15, -0.1) is 11.3 Å². The minimum absolute atomic E-state index is 0.0962. The van der Waals surface area contributed by atoms with Crippen molar-refractivity contribution in [3.05, 3.63) is 22.4 Å². The van der Waals surface area contributed by atoms with Crippen LogP contribution in [-0.4, -0.2) is 11.2 Å². The number of aliphatic hydroxyl groups excluding tert-OH is 1. The van der Waals surface area contributed by atoms with Crippen molar-refractivity contribution in [1.29, 1.82) is 0 Å². The first kappa shape index (κ1) is 9.22. The van der Waals surface area contributed by atoms with Gasteiger partial charge in [-0.1, -0.05) is 25.3 Å². The van der Waals surface area contributed by atoms with Gasteiger partial charge in [0.1, 0.15) is 0 Å². The second-order valence-electron chi connectivity index (χ2n) is 3.83. The maximum Gasteiger partial charge on any atom is 0.0616 e. The Labute approximate surface area is 83.4 Å². The van der Waals surface area contributed by atoms with Gasteiger partial charge in [0.25, 0.3) is 0 Å². The second-order valence-corrected chi connectivity index (χ2v) is 4.81. The largest absolute Gasteiger partial charge is 0.392 e. The van der Waals surface area contributed by atoms with Crippen LogP contribution in [0, 0.1) is 0 Å². The Kier molecular flexibility index (Phi) is 3.01. The lowest BCUT2D eigenvalue weighted by atomic mass is 9.96. The van der Waals surface area contributed by atoms with Gasteiger partial charge in [-0.2, -0.15) is 0 Å². The van der Waals surface area contributed by atoms with Gasteiger partial charge in [-0.3, -0.25) is 0 Å². The molecule has 1 fully saturated rings. The molecule has 72 valence electrons. The van der Waals surface area contributed by atoms with Crippen molar-refractivity contribution in [2.45, 2.75) is 44.1 Å². The van der Waals surface area contributed by atoms with E-state index in [-0.39, 0.29) is 6.10 Å². The van der Waals surface area contributed by atoms with Gasteiger partial charge in [0.15, 0.2) is 0 Å². The molecule has 0 bridgehead atoms. The third-order valence-corrected chi connectivity index (χ3v) is 3.89. The zero-order valence-corrected chi connectivity index (χ0v) is 8.59. The summed E-state index contributed by atoms with van der Waals surface area (Å²) in [4.78, 5) is 1.37. The van der Waals surface area contributed by atoms with Crippen molar-refractivity contribution in [2.24, 2.45) is 0 Å². The number of hydrogen-bond donors (Lipinski definition) is 1. The van der Waals surface area contributed by atoms with E-state index in [1.54, 1.807) is 11.3 Å². The molecule has 13 heavy (non-hydrogen) atoms. The van der Waals surface area contributed by atoms with Crippen LogP contribution in [0.5, 0.6) is 0 Å². The first-order chi connectivity index (χ1) is 6.38. The molecule has 0 aromatic carbocycles. The van der Waals surface area contributed by atoms with E-state index in [9.17, 15) is 5.11 Å². The minimum atomic E-state index is -0.0962. The molecule has 1 N–H and O–H groups in total. The van der Waals surface area contributed by atoms with Crippen LogP contribution in [-0.2, 0) is 0 Å². The first-order valence-corrected chi connectivity index (χ1v) is 5.97. The summed E-state index contributed by atoms with van der Waals surface area (Å²) >= 11 is 1.78. The Morgan fingerprint density at radius 1 is 1.23 bits per heavy atom. The zero-order chi connectivity index (χ0) is 9.10. The standard InChI is InChI=1S/C11H16OS/c12-10-6-3-1-2-5-9(10)11-7-4-8-13-11/h4,7-10,12H,1-3,5-6H2. The molecular weight excluding hydrogens is 180 g/mol. The Bertz CT molecular complexity index is 243. The molecule has 0 aliphatic heterocycles. The molecule has 1 aromatic heterocycles. The molecule has 1 aromatic rings. The van der Waals surface area contributed by atoms with E-state index in [4.69, 9.17) is 0 Å². The van der Waals surface area contributed by atoms with Crippen molar-refractivity contribution >= 4 is 11.3 Å². The van der Waals surface area contributed by atoms with Crippen molar-refractivity contribution in [2.75, 3.05) is 0 Å². The van der Waals surface area contributed by atoms with E-state index < -0.39 is 0 Å². The van der Waals surface area contributed by atoms with Gasteiger partial charge in [0.05, 0.1) is 6.10 Å². The summed E-state index contributed by atoms with van der Waals surface area (Å²) in [5.41, 5.74) is 0. The monoisotopic (exact) mass is 196 g/mol. The lowest BCUT2D eigenvalue weighted by Gasteiger charge is -2.18. The van der Waals surface area contributed by atoms with Crippen LogP contribution in [0.1, 0.15) is 42.9 Å². The fourth-order valence-corrected chi connectivity index (χ4v) is 3.04. The van der Waals surface area contributed by atoms with E-state index in [0.717, 1.165) is 6.42 Å². The van der Waals surface area contributed by atoms with Crippen molar-refractivity contribution < 1.29 is 5.11 Å². The predicted octanol–water partition coefficient (Wildman–Crippen LogP) is 3.16. The highest BCUT2D eigenvalue weighted by Gasteiger charge is 2.23. The van der Waals surface area contributed by atoms with Crippen LogP contribution in [0.25, 0.3) is 0 Å². The maximum absolute atomic E-state index is 9.93. The highest BCUT2D eigenvalue weighted by atomic mass is 32.1. The second kappa shape index (κ2) is 4.25. The van der Waals surface area contributed by atoms with Crippen LogP contribution in [0.2, 0.25) is 0 Å². The SMILES string of the molecule is OC1CCCCCC1c1cccs1. The highest BCUT2D eigenvalue weighted by Crippen LogP contribution is 2.34. The summed E-state index contributed by atoms with van der Waals surface area (Å²) in [7, 11) is 0. The van der Waals surface area contributed by atoms with Crippen molar-refractivity contribution in [3.63, 3.8) is 0 Å². The predicted molar refractivity (Wildman–Crippen MR) is 56.2 cm³/mol. The summed E-state index contributed by atoms with van der Waals surface area (Å²) in [6.45, 7) is 0. The van der Waals surface area contributed by atoms with Gasteiger partial charge < -0.3 is 5.11 Å². The van der Waals surface area contributed by atoms with Crippen LogP contribution in [0.3, 0.4) is 0 Å². The average molecular weight is 196 g/mol. The van der Waals surface area contributed by atoms with Gasteiger partial charge in [0, 0.05) is 10.8 Å². The van der Waals surface area contributed by atoms with E-state index in [1.165, 1.54) is 30.6 Å². The quantitative estimate of drug-likeness (QED) is 0.684. The van der Waals surface area contributed by atoms with Gasteiger partial charge >= 0.3 is 0 Å². The number of hydrogen-bond acceptors (Lipinski definition) is 2. The summed E-state index contributed by atoms with van der Waals surface area (Å²) in [6.07, 6.45) is 5.83. The molecule has 0 amide bonds. The first-order valence-electron chi connectivity index (χ1n) is 5.09. The Hall–Kier alpha value is -0.340. The number of thiophene rings is 1. The molecule has 1 saturated carbocycles. The van der Waals surface area contributed by atoms with E-state index >= 15 is 0 Å². The third-order valence-electron chi connectivity index (χ3n) is 2.89. The third kappa shape index (κ3) is 2.12. The summed E-state index contributed by atoms with van der Waals surface area (Å²) in [6, 6.07) is 4.24. The van der Waals surface area contributed by atoms with E-state index in [1.807, 2.05) is 0 Å². The number of rotatable bonds is 1. The highest BCUT2D eigenvalue weighted by molar-refractivity contribution is 7.10. The van der Waals surface area contributed by atoms with Crippen LogP contribution < -0.4 is 0 Å². The van der Waals surface area contributed by atoms with Crippen LogP contribution in [0.4, 0.5) is 0 Å². The van der Waals surface area contributed by atoms with Crippen LogP contribution >= 0.6 is 11.3 Å². The van der Waals surface area contributed by atoms with Crippen molar-refractivity contribution in [1.82, 2.24) is 0 Å². The summed E-state index contributed by atoms with van der Waals surface area (Å²) < 4.78 is 0. The molecule has 2 rings (SSSR count). The fourth-order valence-electron chi connectivity index (χ4n) is 2.12. The molecule has 1 nitrogen and oxygen atoms in total. The summed E-state index contributed by atoms with van der Waals surface area (Å²) in [5, 5.41) is 12.0. The summed E-state index contributed by atoms with van der Waals surface area (Å²) in [5.74, 6) is 0.419. The topological polar surface area (TPSA) is 20.2 Å². The fraction of sp³-hybridized carbons (Fsp3) is 0.636. The molecule has 2 unspecified atom stereocenters. The lowest BCUT2D eigenvalue weighted by molar-refractivity contribution is 0.136.